The van der Waals surface area contributed by atoms with E-state index in [-0.39, 0.29) is 28.0 Å². The van der Waals surface area contributed by atoms with E-state index in [2.05, 4.69) is 20.2 Å². The van der Waals surface area contributed by atoms with E-state index in [4.69, 9.17) is 0 Å². The molecule has 186 valence electrons. The zero-order valence-corrected chi connectivity index (χ0v) is 20.9. The van der Waals surface area contributed by atoms with E-state index in [9.17, 15) is 4.79 Å². The molecule has 0 spiro atoms. The lowest BCUT2D eigenvalue weighted by Gasteiger charge is -2.32. The number of benzene rings is 3. The van der Waals surface area contributed by atoms with Gasteiger partial charge < -0.3 is 15.1 Å². The highest BCUT2D eigenvalue weighted by Crippen LogP contribution is 2.35. The number of nitrogens with one attached hydrogen (secondary N) is 1. The summed E-state index contributed by atoms with van der Waals surface area (Å²) in [5.41, 5.74) is 4.80. The van der Waals surface area contributed by atoms with Gasteiger partial charge in [-0.3, -0.25) is 9.78 Å². The molecule has 0 radical (unpaired) electrons. The lowest BCUT2D eigenvalue weighted by atomic mass is 9.99. The zero-order valence-electron chi connectivity index (χ0n) is 20.0. The lowest BCUT2D eigenvalue weighted by Crippen LogP contribution is -2.47. The van der Waals surface area contributed by atoms with E-state index in [1.807, 2.05) is 25.2 Å². The molecule has 3 aromatic carbocycles. The number of piperazine rings is 1. The summed E-state index contributed by atoms with van der Waals surface area (Å²) in [6.45, 7) is 2.74. The van der Waals surface area contributed by atoms with Crippen LogP contribution in [0.2, 0.25) is 0 Å². The van der Waals surface area contributed by atoms with Gasteiger partial charge in [0.15, 0.2) is 0 Å². The number of carbonyl (C=O) groups is 1. The van der Waals surface area contributed by atoms with Gasteiger partial charge in [0.2, 0.25) is 0 Å². The predicted molar refractivity (Wildman–Crippen MR) is 143 cm³/mol. The van der Waals surface area contributed by atoms with Crippen LogP contribution in [0.1, 0.15) is 10.4 Å². The molecule has 1 N–H and O–H groups in total. The molecule has 3 heterocycles. The molecule has 0 atom stereocenters. The van der Waals surface area contributed by atoms with E-state index < -0.39 is 11.6 Å². The van der Waals surface area contributed by atoms with E-state index in [1.54, 1.807) is 46.1 Å². The Balaban J connectivity index is 1.35. The summed E-state index contributed by atoms with van der Waals surface area (Å²) in [7, 11) is 2.00. The number of hydrogen-bond acceptors (Lipinski definition) is 6. The Morgan fingerprint density at radius 1 is 0.919 bits per heavy atom. The van der Waals surface area contributed by atoms with Gasteiger partial charge in [0.25, 0.3) is 5.91 Å². The second kappa shape index (κ2) is 9.49. The van der Waals surface area contributed by atoms with E-state index >= 15 is 8.78 Å². The highest BCUT2D eigenvalue weighted by atomic mass is 32.1. The first-order valence-electron chi connectivity index (χ1n) is 11.9. The summed E-state index contributed by atoms with van der Waals surface area (Å²) >= 11 is 1.55. The van der Waals surface area contributed by atoms with E-state index in [0.717, 1.165) is 29.0 Å². The molecule has 6 nitrogen and oxygen atoms in total. The molecule has 1 amide bonds. The Labute approximate surface area is 216 Å². The first-order valence-corrected chi connectivity index (χ1v) is 12.8. The molecule has 0 unspecified atom stereocenters. The van der Waals surface area contributed by atoms with Gasteiger partial charge in [0.1, 0.15) is 11.6 Å². The molecule has 1 aliphatic heterocycles. The second-order valence-electron chi connectivity index (χ2n) is 9.13. The summed E-state index contributed by atoms with van der Waals surface area (Å²) in [5, 5.41) is 3.52. The van der Waals surface area contributed by atoms with Crippen molar-refractivity contribution in [1.29, 1.82) is 0 Å². The van der Waals surface area contributed by atoms with Crippen LogP contribution in [0.15, 0.2) is 66.3 Å². The molecule has 2 aromatic heterocycles. The number of rotatable bonds is 4. The average molecular weight is 516 g/mol. The molecule has 0 bridgehead atoms. The van der Waals surface area contributed by atoms with Crippen LogP contribution in [0.5, 0.6) is 0 Å². The summed E-state index contributed by atoms with van der Waals surface area (Å²) in [4.78, 5) is 25.4. The summed E-state index contributed by atoms with van der Waals surface area (Å²) in [6.07, 6.45) is 1.60. The Morgan fingerprint density at radius 2 is 1.73 bits per heavy atom. The third-order valence-electron chi connectivity index (χ3n) is 6.75. The number of aromatic nitrogens is 2. The van der Waals surface area contributed by atoms with Crippen molar-refractivity contribution in [3.63, 3.8) is 0 Å². The molecular formula is C28H23F2N5OS. The summed E-state index contributed by atoms with van der Waals surface area (Å²) < 4.78 is 32.3. The molecule has 6 rings (SSSR count). The number of thiazole rings is 1. The fourth-order valence-electron chi connectivity index (χ4n) is 4.67. The summed E-state index contributed by atoms with van der Waals surface area (Å²) in [6, 6.07) is 14.9. The molecule has 37 heavy (non-hydrogen) atoms. The van der Waals surface area contributed by atoms with Gasteiger partial charge >= 0.3 is 0 Å². The van der Waals surface area contributed by atoms with Gasteiger partial charge in [-0.15, -0.1) is 11.3 Å². The molecular weight excluding hydrogens is 492 g/mol. The molecule has 1 aliphatic rings. The molecule has 5 aromatic rings. The quantitative estimate of drug-likeness (QED) is 0.322. The number of carbonyl (C=O) groups excluding carboxylic acids is 1. The Morgan fingerprint density at radius 3 is 2.54 bits per heavy atom. The first-order chi connectivity index (χ1) is 18.0. The van der Waals surface area contributed by atoms with Gasteiger partial charge in [0, 0.05) is 54.8 Å². The third-order valence-corrected chi connectivity index (χ3v) is 7.56. The fraction of sp³-hybridized carbons (Fsp3) is 0.179. The van der Waals surface area contributed by atoms with Gasteiger partial charge in [0.05, 0.1) is 32.3 Å². The minimum atomic E-state index is -0.648. The molecule has 1 saturated heterocycles. The van der Waals surface area contributed by atoms with Crippen LogP contribution in [0, 0.1) is 11.6 Å². The molecule has 1 fully saturated rings. The summed E-state index contributed by atoms with van der Waals surface area (Å²) in [5.74, 6) is -1.45. The largest absolute Gasteiger partial charge is 0.355 e. The van der Waals surface area contributed by atoms with E-state index in [0.29, 0.717) is 24.3 Å². The Hall–Kier alpha value is -3.95. The number of amides is 1. The first kappa shape index (κ1) is 23.4. The molecule has 9 heteroatoms. The fourth-order valence-corrected chi connectivity index (χ4v) is 5.33. The standard InChI is InChI=1S/C28H23F2N5OS/c1-34-10-12-35(13-11-34)28(36)17-2-4-19(21(29)14-17)20-5-6-22-26(27(20)30)23(8-9-31-22)33-18-3-7-25-24(15-18)32-16-37-25/h2-9,14-16H,10-13H2,1H3,(H,31,33). The van der Waals surface area contributed by atoms with Crippen molar-refractivity contribution in [3.8, 4) is 11.1 Å². The number of pyridine rings is 1. The molecule has 0 aliphatic carbocycles. The van der Waals surface area contributed by atoms with Crippen LogP contribution in [0.3, 0.4) is 0 Å². The number of fused-ring (bicyclic) bond motifs is 2. The van der Waals surface area contributed by atoms with Gasteiger partial charge in [-0.05, 0) is 55.6 Å². The van der Waals surface area contributed by atoms with Crippen molar-refractivity contribution in [2.24, 2.45) is 0 Å². The van der Waals surface area contributed by atoms with Crippen LogP contribution in [-0.2, 0) is 0 Å². The SMILES string of the molecule is CN1CCN(C(=O)c2ccc(-c3ccc4nccc(Nc5ccc6scnc6c5)c4c3F)c(F)c2)CC1. The van der Waals surface area contributed by atoms with Gasteiger partial charge in [-0.2, -0.15) is 0 Å². The monoisotopic (exact) mass is 515 g/mol. The van der Waals surface area contributed by atoms with Crippen molar-refractivity contribution in [2.45, 2.75) is 0 Å². The topological polar surface area (TPSA) is 61.4 Å². The smallest absolute Gasteiger partial charge is 0.254 e. The highest BCUT2D eigenvalue weighted by molar-refractivity contribution is 7.16. The Kier molecular flexibility index (Phi) is 6.02. The van der Waals surface area contributed by atoms with Crippen LogP contribution in [-0.4, -0.2) is 58.9 Å². The minimum absolute atomic E-state index is 0.0908. The van der Waals surface area contributed by atoms with Crippen LogP contribution < -0.4 is 5.32 Å². The number of halogens is 2. The van der Waals surface area contributed by atoms with Crippen molar-refractivity contribution in [2.75, 3.05) is 38.5 Å². The highest BCUT2D eigenvalue weighted by Gasteiger charge is 2.22. The van der Waals surface area contributed by atoms with Crippen molar-refractivity contribution >= 4 is 49.7 Å². The number of hydrogen-bond donors (Lipinski definition) is 1. The van der Waals surface area contributed by atoms with Crippen LogP contribution >= 0.6 is 11.3 Å². The number of anilines is 2. The maximum Gasteiger partial charge on any atom is 0.254 e. The third kappa shape index (κ3) is 4.41. The minimum Gasteiger partial charge on any atom is -0.355 e. The van der Waals surface area contributed by atoms with Gasteiger partial charge in [-0.1, -0.05) is 6.07 Å². The Bertz CT molecular complexity index is 1650. The van der Waals surface area contributed by atoms with E-state index in [1.165, 1.54) is 18.2 Å². The lowest BCUT2D eigenvalue weighted by molar-refractivity contribution is 0.0663. The molecule has 0 saturated carbocycles. The average Bonchev–Trinajstić information content (AvgIpc) is 3.37. The van der Waals surface area contributed by atoms with Crippen molar-refractivity contribution in [3.05, 3.63) is 83.5 Å². The van der Waals surface area contributed by atoms with Crippen molar-refractivity contribution < 1.29 is 13.6 Å². The number of nitrogens with zero attached hydrogens (tertiary/aromatic N) is 4. The second-order valence-corrected chi connectivity index (χ2v) is 10.0. The normalized spacial score (nSPS) is 14.4. The number of likely N-dealkylation sites (N-methyl/N-ethyl adjacent to an activating group) is 1. The van der Waals surface area contributed by atoms with Crippen molar-refractivity contribution in [1.82, 2.24) is 19.8 Å². The van der Waals surface area contributed by atoms with Gasteiger partial charge in [-0.25, -0.2) is 13.8 Å². The zero-order chi connectivity index (χ0) is 25.5. The maximum atomic E-state index is 16.0. The van der Waals surface area contributed by atoms with Crippen LogP contribution in [0.4, 0.5) is 20.2 Å². The van der Waals surface area contributed by atoms with Crippen LogP contribution in [0.25, 0.3) is 32.2 Å². The maximum absolute atomic E-state index is 16.0. The predicted octanol–water partition coefficient (Wildman–Crippen LogP) is 5.92.